The van der Waals surface area contributed by atoms with E-state index in [1.165, 1.54) is 18.4 Å². The molecule has 0 aliphatic carbocycles. The Labute approximate surface area is 149 Å². The average Bonchev–Trinajstić information content (AvgIpc) is 3.25. The van der Waals surface area contributed by atoms with Crippen LogP contribution < -0.4 is 10.1 Å². The van der Waals surface area contributed by atoms with Crippen LogP contribution in [0.15, 0.2) is 34.7 Å². The van der Waals surface area contributed by atoms with Gasteiger partial charge in [-0.3, -0.25) is 9.69 Å². The van der Waals surface area contributed by atoms with Crippen LogP contribution >= 0.6 is 0 Å². The molecule has 0 bridgehead atoms. The second-order valence-electron chi connectivity index (χ2n) is 6.57. The Bertz CT molecular complexity index is 732. The van der Waals surface area contributed by atoms with Crippen LogP contribution in [-0.2, 0) is 0 Å². The maximum atomic E-state index is 12.5. The minimum atomic E-state index is -0.0820. The van der Waals surface area contributed by atoms with Crippen molar-refractivity contribution in [3.8, 4) is 5.75 Å². The molecule has 0 radical (unpaired) electrons. The zero-order chi connectivity index (χ0) is 17.8. The maximum absolute atomic E-state index is 12.5. The number of aryl methyl sites for hydroxylation is 2. The van der Waals surface area contributed by atoms with Gasteiger partial charge in [0.25, 0.3) is 5.91 Å². The van der Waals surface area contributed by atoms with Crippen molar-refractivity contribution in [1.29, 1.82) is 0 Å². The molecule has 5 heteroatoms. The summed E-state index contributed by atoms with van der Waals surface area (Å²) >= 11 is 0. The first kappa shape index (κ1) is 17.5. The van der Waals surface area contributed by atoms with Gasteiger partial charge in [-0.1, -0.05) is 12.1 Å². The molecule has 1 aromatic carbocycles. The summed E-state index contributed by atoms with van der Waals surface area (Å²) in [5.74, 6) is 2.18. The van der Waals surface area contributed by atoms with E-state index in [-0.39, 0.29) is 11.9 Å². The van der Waals surface area contributed by atoms with Crippen LogP contribution in [-0.4, -0.2) is 37.6 Å². The molecule has 1 atom stereocenters. The van der Waals surface area contributed by atoms with E-state index in [9.17, 15) is 4.79 Å². The monoisotopic (exact) mass is 342 g/mol. The Hall–Kier alpha value is -2.27. The Balaban J connectivity index is 1.75. The highest BCUT2D eigenvalue weighted by atomic mass is 16.5. The first-order chi connectivity index (χ1) is 12.1. The Kier molecular flexibility index (Phi) is 5.43. The fraction of sp³-hybridized carbons (Fsp3) is 0.450. The van der Waals surface area contributed by atoms with E-state index in [0.29, 0.717) is 17.9 Å². The molecule has 1 aliphatic rings. The number of furan rings is 1. The minimum absolute atomic E-state index is 0.0820. The molecular weight excluding hydrogens is 316 g/mol. The second kappa shape index (κ2) is 7.74. The van der Waals surface area contributed by atoms with Crippen LogP contribution in [0.2, 0.25) is 0 Å². The molecule has 2 aromatic rings. The third-order valence-electron chi connectivity index (χ3n) is 4.80. The summed E-state index contributed by atoms with van der Waals surface area (Å²) in [5, 5.41) is 3.08. The highest BCUT2D eigenvalue weighted by molar-refractivity contribution is 5.95. The van der Waals surface area contributed by atoms with E-state index in [0.717, 1.165) is 24.6 Å². The van der Waals surface area contributed by atoms with Gasteiger partial charge >= 0.3 is 0 Å². The summed E-state index contributed by atoms with van der Waals surface area (Å²) in [6, 6.07) is 10.0. The fourth-order valence-corrected chi connectivity index (χ4v) is 3.50. The normalized spacial score (nSPS) is 16.0. The number of likely N-dealkylation sites (tertiary alicyclic amines) is 1. The summed E-state index contributed by atoms with van der Waals surface area (Å²) in [7, 11) is 1.68. The number of nitrogens with one attached hydrogen (secondary N) is 1. The highest BCUT2D eigenvalue weighted by Crippen LogP contribution is 2.27. The van der Waals surface area contributed by atoms with Crippen LogP contribution in [0.25, 0.3) is 0 Å². The predicted octanol–water partition coefficient (Wildman–Crippen LogP) is 3.47. The van der Waals surface area contributed by atoms with Gasteiger partial charge in [0.05, 0.1) is 18.7 Å². The molecule has 0 saturated carbocycles. The first-order valence-electron chi connectivity index (χ1n) is 8.81. The zero-order valence-corrected chi connectivity index (χ0v) is 15.2. The predicted molar refractivity (Wildman–Crippen MR) is 97.1 cm³/mol. The lowest BCUT2D eigenvalue weighted by Gasteiger charge is -2.28. The quantitative estimate of drug-likeness (QED) is 0.873. The molecule has 1 fully saturated rings. The van der Waals surface area contributed by atoms with E-state index in [4.69, 9.17) is 9.15 Å². The summed E-state index contributed by atoms with van der Waals surface area (Å²) in [6.45, 7) is 6.36. The smallest absolute Gasteiger partial charge is 0.254 e. The number of benzene rings is 1. The molecule has 3 rings (SSSR count). The van der Waals surface area contributed by atoms with E-state index in [2.05, 4.69) is 22.3 Å². The van der Waals surface area contributed by atoms with Gasteiger partial charge < -0.3 is 14.5 Å². The molecular formula is C20H26N2O3. The van der Waals surface area contributed by atoms with Crippen molar-refractivity contribution in [2.45, 2.75) is 32.7 Å². The van der Waals surface area contributed by atoms with Crippen LogP contribution in [0.5, 0.6) is 5.75 Å². The van der Waals surface area contributed by atoms with Crippen LogP contribution in [0.4, 0.5) is 0 Å². The number of nitrogens with zero attached hydrogens (tertiary/aromatic N) is 1. The lowest BCUT2D eigenvalue weighted by Crippen LogP contribution is -2.36. The maximum Gasteiger partial charge on any atom is 0.254 e. The topological polar surface area (TPSA) is 54.7 Å². The van der Waals surface area contributed by atoms with Crippen molar-refractivity contribution in [2.75, 3.05) is 26.7 Å². The SMILES string of the molecule is COc1cccc(C(CNC(=O)c2cc(C)oc2C)N2CCCC2)c1. The number of ether oxygens (including phenoxy) is 1. The van der Waals surface area contributed by atoms with Gasteiger partial charge in [0.1, 0.15) is 17.3 Å². The molecule has 1 aromatic heterocycles. The summed E-state index contributed by atoms with van der Waals surface area (Å²) in [4.78, 5) is 15.0. The third-order valence-corrected chi connectivity index (χ3v) is 4.80. The van der Waals surface area contributed by atoms with Gasteiger partial charge in [0.2, 0.25) is 0 Å². The number of carbonyl (C=O) groups excluding carboxylic acids is 1. The zero-order valence-electron chi connectivity index (χ0n) is 15.2. The van der Waals surface area contributed by atoms with E-state index >= 15 is 0 Å². The number of hydrogen-bond acceptors (Lipinski definition) is 4. The van der Waals surface area contributed by atoms with E-state index in [1.807, 2.05) is 26.0 Å². The molecule has 1 unspecified atom stereocenters. The lowest BCUT2D eigenvalue weighted by molar-refractivity contribution is 0.0936. The second-order valence-corrected chi connectivity index (χ2v) is 6.57. The van der Waals surface area contributed by atoms with Crippen molar-refractivity contribution in [3.63, 3.8) is 0 Å². The van der Waals surface area contributed by atoms with Gasteiger partial charge in [-0.05, 0) is 63.5 Å². The average molecular weight is 342 g/mol. The highest BCUT2D eigenvalue weighted by Gasteiger charge is 2.25. The molecule has 0 spiro atoms. The first-order valence-corrected chi connectivity index (χ1v) is 8.81. The minimum Gasteiger partial charge on any atom is -0.497 e. The molecule has 25 heavy (non-hydrogen) atoms. The molecule has 5 nitrogen and oxygen atoms in total. The third kappa shape index (κ3) is 4.04. The van der Waals surface area contributed by atoms with Gasteiger partial charge in [-0.2, -0.15) is 0 Å². The van der Waals surface area contributed by atoms with Crippen molar-refractivity contribution >= 4 is 5.91 Å². The number of hydrogen-bond donors (Lipinski definition) is 1. The standard InChI is InChI=1S/C20H26N2O3/c1-14-11-18(15(2)25-14)20(23)21-13-19(22-9-4-5-10-22)16-7-6-8-17(12-16)24-3/h6-8,11-12,19H,4-5,9-10,13H2,1-3H3,(H,21,23). The van der Waals surface area contributed by atoms with Crippen LogP contribution in [0, 0.1) is 13.8 Å². The van der Waals surface area contributed by atoms with E-state index < -0.39 is 0 Å². The van der Waals surface area contributed by atoms with Crippen molar-refractivity contribution in [1.82, 2.24) is 10.2 Å². The van der Waals surface area contributed by atoms with Crippen LogP contribution in [0.3, 0.4) is 0 Å². The van der Waals surface area contributed by atoms with Gasteiger partial charge in [-0.25, -0.2) is 0 Å². The van der Waals surface area contributed by atoms with Gasteiger partial charge in [-0.15, -0.1) is 0 Å². The number of amides is 1. The van der Waals surface area contributed by atoms with Crippen LogP contribution in [0.1, 0.15) is 46.3 Å². The molecule has 2 heterocycles. The van der Waals surface area contributed by atoms with Crippen molar-refractivity contribution in [3.05, 3.63) is 53.0 Å². The summed E-state index contributed by atoms with van der Waals surface area (Å²) in [5.41, 5.74) is 1.78. The summed E-state index contributed by atoms with van der Waals surface area (Å²) < 4.78 is 10.8. The number of carbonyl (C=O) groups is 1. The number of rotatable bonds is 6. The Morgan fingerprint density at radius 2 is 2.04 bits per heavy atom. The largest absolute Gasteiger partial charge is 0.497 e. The Morgan fingerprint density at radius 3 is 2.68 bits per heavy atom. The fourth-order valence-electron chi connectivity index (χ4n) is 3.50. The molecule has 1 N–H and O–H groups in total. The molecule has 134 valence electrons. The summed E-state index contributed by atoms with van der Waals surface area (Å²) in [6.07, 6.45) is 2.41. The van der Waals surface area contributed by atoms with Gasteiger partial charge in [0.15, 0.2) is 0 Å². The Morgan fingerprint density at radius 1 is 1.28 bits per heavy atom. The van der Waals surface area contributed by atoms with E-state index in [1.54, 1.807) is 13.2 Å². The molecule has 1 amide bonds. The molecule has 1 aliphatic heterocycles. The lowest BCUT2D eigenvalue weighted by atomic mass is 10.0. The number of methoxy groups -OCH3 is 1. The molecule has 1 saturated heterocycles. The van der Waals surface area contributed by atoms with Gasteiger partial charge in [0, 0.05) is 6.54 Å². The van der Waals surface area contributed by atoms with Crippen molar-refractivity contribution < 1.29 is 13.9 Å². The van der Waals surface area contributed by atoms with Crippen molar-refractivity contribution in [2.24, 2.45) is 0 Å².